The molecule has 21 heavy (non-hydrogen) atoms. The molecule has 1 aliphatic heterocycles. The van der Waals surface area contributed by atoms with Gasteiger partial charge in [0, 0.05) is 24.7 Å². The summed E-state index contributed by atoms with van der Waals surface area (Å²) in [5.41, 5.74) is 1.62. The van der Waals surface area contributed by atoms with Crippen molar-refractivity contribution in [1.29, 1.82) is 0 Å². The molecule has 1 aliphatic rings. The van der Waals surface area contributed by atoms with Gasteiger partial charge in [-0.15, -0.1) is 0 Å². The lowest BCUT2D eigenvalue weighted by Crippen LogP contribution is -2.46. The van der Waals surface area contributed by atoms with E-state index in [9.17, 15) is 0 Å². The predicted molar refractivity (Wildman–Crippen MR) is 91.5 cm³/mol. The molecule has 2 atom stereocenters. The third-order valence-electron chi connectivity index (χ3n) is 4.58. The molecule has 118 valence electrons. The van der Waals surface area contributed by atoms with E-state index in [1.54, 1.807) is 0 Å². The van der Waals surface area contributed by atoms with Gasteiger partial charge in [0.1, 0.15) is 0 Å². The lowest BCUT2D eigenvalue weighted by Gasteiger charge is -2.39. The average molecular weight is 288 g/mol. The van der Waals surface area contributed by atoms with E-state index in [0.717, 1.165) is 12.5 Å². The molecular formula is C19H32N2. The fourth-order valence-corrected chi connectivity index (χ4v) is 3.25. The zero-order chi connectivity index (χ0) is 15.3. The zero-order valence-corrected chi connectivity index (χ0v) is 14.2. The lowest BCUT2D eigenvalue weighted by atomic mass is 9.92. The van der Waals surface area contributed by atoms with E-state index < -0.39 is 0 Å². The van der Waals surface area contributed by atoms with Crippen molar-refractivity contribution in [2.75, 3.05) is 19.6 Å². The van der Waals surface area contributed by atoms with Crippen LogP contribution < -0.4 is 5.32 Å². The number of nitrogens with zero attached hydrogens (tertiary/aromatic N) is 1. The van der Waals surface area contributed by atoms with Crippen molar-refractivity contribution < 1.29 is 0 Å². The Bertz CT molecular complexity index is 407. The highest BCUT2D eigenvalue weighted by molar-refractivity contribution is 5.19. The topological polar surface area (TPSA) is 15.3 Å². The maximum atomic E-state index is 3.71. The molecule has 1 N–H and O–H groups in total. The van der Waals surface area contributed by atoms with E-state index in [-0.39, 0.29) is 5.54 Å². The second kappa shape index (κ2) is 7.42. The van der Waals surface area contributed by atoms with Gasteiger partial charge in [0.05, 0.1) is 0 Å². The van der Waals surface area contributed by atoms with E-state index in [4.69, 9.17) is 0 Å². The van der Waals surface area contributed by atoms with Crippen molar-refractivity contribution >= 4 is 0 Å². The Morgan fingerprint density at radius 3 is 2.57 bits per heavy atom. The highest BCUT2D eigenvalue weighted by Gasteiger charge is 2.27. The minimum absolute atomic E-state index is 0.174. The van der Waals surface area contributed by atoms with E-state index >= 15 is 0 Å². The predicted octanol–water partition coefficient (Wildman–Crippen LogP) is 4.24. The van der Waals surface area contributed by atoms with Crippen molar-refractivity contribution in [1.82, 2.24) is 10.2 Å². The molecule has 0 spiro atoms. The molecule has 0 saturated carbocycles. The van der Waals surface area contributed by atoms with Crippen LogP contribution in [0, 0.1) is 5.92 Å². The molecule has 2 rings (SSSR count). The molecular weight excluding hydrogens is 256 g/mol. The van der Waals surface area contributed by atoms with Crippen LogP contribution in [0.3, 0.4) is 0 Å². The first-order chi connectivity index (χ1) is 9.99. The smallest absolute Gasteiger partial charge is 0.0472 e. The average Bonchev–Trinajstić information content (AvgIpc) is 2.48. The summed E-state index contributed by atoms with van der Waals surface area (Å²) in [6.07, 6.45) is 4.06. The van der Waals surface area contributed by atoms with Crippen LogP contribution in [0.5, 0.6) is 0 Å². The first-order valence-electron chi connectivity index (χ1n) is 8.53. The minimum Gasteiger partial charge on any atom is -0.310 e. The Labute approximate surface area is 130 Å². The van der Waals surface area contributed by atoms with E-state index in [1.807, 2.05) is 0 Å². The third kappa shape index (κ3) is 5.12. The molecule has 1 fully saturated rings. The highest BCUT2D eigenvalue weighted by Crippen LogP contribution is 2.28. The fraction of sp³-hybridized carbons (Fsp3) is 0.684. The summed E-state index contributed by atoms with van der Waals surface area (Å²) < 4.78 is 0. The van der Waals surface area contributed by atoms with Crippen molar-refractivity contribution in [2.45, 2.75) is 58.5 Å². The van der Waals surface area contributed by atoms with Gasteiger partial charge in [0.2, 0.25) is 0 Å². The van der Waals surface area contributed by atoms with Crippen LogP contribution in [0.4, 0.5) is 0 Å². The molecule has 1 aromatic rings. The van der Waals surface area contributed by atoms with Crippen molar-refractivity contribution in [2.24, 2.45) is 5.92 Å². The highest BCUT2D eigenvalue weighted by atomic mass is 15.2. The molecule has 2 heteroatoms. The van der Waals surface area contributed by atoms with Gasteiger partial charge in [-0.3, -0.25) is 4.90 Å². The first kappa shape index (κ1) is 16.5. The minimum atomic E-state index is 0.174. The Hall–Kier alpha value is -0.860. The maximum Gasteiger partial charge on any atom is 0.0472 e. The Morgan fingerprint density at radius 2 is 1.95 bits per heavy atom. The van der Waals surface area contributed by atoms with Crippen LogP contribution in [0.15, 0.2) is 30.3 Å². The van der Waals surface area contributed by atoms with Crippen LogP contribution in [-0.4, -0.2) is 30.1 Å². The number of piperidine rings is 1. The molecule has 0 radical (unpaired) electrons. The molecule has 1 aromatic carbocycles. The molecule has 0 amide bonds. The molecule has 2 unspecified atom stereocenters. The summed E-state index contributed by atoms with van der Waals surface area (Å²) in [5, 5.41) is 3.71. The Balaban J connectivity index is 2.11. The standard InChI is InChI=1S/C19H32N2/c1-5-16-10-9-13-21(15-16)18(14-20-19(2,3)4)17-11-7-6-8-12-17/h6-8,11-12,16,18,20H,5,9-10,13-15H2,1-4H3. The van der Waals surface area contributed by atoms with Crippen LogP contribution in [0.2, 0.25) is 0 Å². The summed E-state index contributed by atoms with van der Waals surface area (Å²) in [6.45, 7) is 12.6. The normalized spacial score (nSPS) is 22.2. The van der Waals surface area contributed by atoms with Gasteiger partial charge in [-0.2, -0.15) is 0 Å². The molecule has 1 saturated heterocycles. The maximum absolute atomic E-state index is 3.71. The van der Waals surface area contributed by atoms with Crippen molar-refractivity contribution in [3.63, 3.8) is 0 Å². The Morgan fingerprint density at radius 1 is 1.24 bits per heavy atom. The molecule has 1 heterocycles. The van der Waals surface area contributed by atoms with Gasteiger partial charge < -0.3 is 5.32 Å². The van der Waals surface area contributed by atoms with Gasteiger partial charge in [0.15, 0.2) is 0 Å². The lowest BCUT2D eigenvalue weighted by molar-refractivity contribution is 0.115. The summed E-state index contributed by atoms with van der Waals surface area (Å²) in [7, 11) is 0. The monoisotopic (exact) mass is 288 g/mol. The largest absolute Gasteiger partial charge is 0.310 e. The van der Waals surface area contributed by atoms with Crippen LogP contribution in [-0.2, 0) is 0 Å². The number of likely N-dealkylation sites (tertiary alicyclic amines) is 1. The third-order valence-corrected chi connectivity index (χ3v) is 4.58. The van der Waals surface area contributed by atoms with Gasteiger partial charge in [-0.1, -0.05) is 43.7 Å². The van der Waals surface area contributed by atoms with Gasteiger partial charge in [-0.25, -0.2) is 0 Å². The van der Waals surface area contributed by atoms with E-state index in [0.29, 0.717) is 6.04 Å². The van der Waals surface area contributed by atoms with Crippen LogP contribution >= 0.6 is 0 Å². The number of hydrogen-bond acceptors (Lipinski definition) is 2. The Kier molecular flexibility index (Phi) is 5.83. The summed E-state index contributed by atoms with van der Waals surface area (Å²) >= 11 is 0. The van der Waals surface area contributed by atoms with Crippen molar-refractivity contribution in [3.05, 3.63) is 35.9 Å². The zero-order valence-electron chi connectivity index (χ0n) is 14.2. The van der Waals surface area contributed by atoms with Crippen LogP contribution in [0.25, 0.3) is 0 Å². The van der Waals surface area contributed by atoms with Crippen molar-refractivity contribution in [3.8, 4) is 0 Å². The second-order valence-electron chi connectivity index (χ2n) is 7.47. The molecule has 0 aromatic heterocycles. The first-order valence-corrected chi connectivity index (χ1v) is 8.53. The summed E-state index contributed by atoms with van der Waals surface area (Å²) in [6, 6.07) is 11.5. The number of hydrogen-bond donors (Lipinski definition) is 1. The summed E-state index contributed by atoms with van der Waals surface area (Å²) in [5.74, 6) is 0.875. The van der Waals surface area contributed by atoms with Gasteiger partial charge >= 0.3 is 0 Å². The molecule has 2 nitrogen and oxygen atoms in total. The van der Waals surface area contributed by atoms with E-state index in [2.05, 4.69) is 68.2 Å². The van der Waals surface area contributed by atoms with Gasteiger partial charge in [-0.05, 0) is 51.6 Å². The quantitative estimate of drug-likeness (QED) is 0.872. The molecule has 0 aliphatic carbocycles. The number of nitrogens with one attached hydrogen (secondary N) is 1. The summed E-state index contributed by atoms with van der Waals surface area (Å²) in [4.78, 5) is 2.70. The number of benzene rings is 1. The molecule has 0 bridgehead atoms. The van der Waals surface area contributed by atoms with E-state index in [1.165, 1.54) is 37.9 Å². The second-order valence-corrected chi connectivity index (χ2v) is 7.47. The SMILES string of the molecule is CCC1CCCN(C(CNC(C)(C)C)c2ccccc2)C1. The number of rotatable bonds is 5. The van der Waals surface area contributed by atoms with Gasteiger partial charge in [0.25, 0.3) is 0 Å². The van der Waals surface area contributed by atoms with Crippen LogP contribution in [0.1, 0.15) is 58.6 Å². The fourth-order valence-electron chi connectivity index (χ4n) is 3.25.